The van der Waals surface area contributed by atoms with Crippen molar-refractivity contribution in [1.29, 1.82) is 0 Å². The molecule has 1 heterocycles. The first kappa shape index (κ1) is 11.9. The first-order valence-electron chi connectivity index (χ1n) is 5.25. The van der Waals surface area contributed by atoms with Crippen molar-refractivity contribution < 1.29 is 4.74 Å². The summed E-state index contributed by atoms with van der Waals surface area (Å²) in [6.45, 7) is 9.37. The van der Waals surface area contributed by atoms with Crippen molar-refractivity contribution in [3.63, 3.8) is 0 Å². The van der Waals surface area contributed by atoms with Crippen LogP contribution in [0.2, 0.25) is 0 Å². The fourth-order valence-electron chi connectivity index (χ4n) is 1.17. The van der Waals surface area contributed by atoms with E-state index in [-0.39, 0.29) is 6.10 Å². The lowest BCUT2D eigenvalue weighted by Gasteiger charge is -2.10. The SMILES string of the molecule is Cc1cnc(C)c(NCCOC(C)C)n1. The van der Waals surface area contributed by atoms with E-state index in [0.717, 1.165) is 23.8 Å². The summed E-state index contributed by atoms with van der Waals surface area (Å²) in [4.78, 5) is 8.59. The topological polar surface area (TPSA) is 47.0 Å². The van der Waals surface area contributed by atoms with Crippen LogP contribution >= 0.6 is 0 Å². The number of nitrogens with zero attached hydrogens (tertiary/aromatic N) is 2. The van der Waals surface area contributed by atoms with E-state index < -0.39 is 0 Å². The molecule has 0 saturated heterocycles. The molecule has 0 unspecified atom stereocenters. The summed E-state index contributed by atoms with van der Waals surface area (Å²) in [6.07, 6.45) is 2.04. The second-order valence-corrected chi connectivity index (χ2v) is 3.79. The highest BCUT2D eigenvalue weighted by Gasteiger charge is 2.00. The quantitative estimate of drug-likeness (QED) is 0.753. The summed E-state index contributed by atoms with van der Waals surface area (Å²) in [5, 5.41) is 3.21. The lowest BCUT2D eigenvalue weighted by atomic mass is 10.4. The average Bonchev–Trinajstić information content (AvgIpc) is 2.17. The lowest BCUT2D eigenvalue weighted by Crippen LogP contribution is -2.15. The monoisotopic (exact) mass is 209 g/mol. The molecule has 1 N–H and O–H groups in total. The molecule has 0 bridgehead atoms. The Hall–Kier alpha value is -1.16. The van der Waals surface area contributed by atoms with E-state index in [9.17, 15) is 0 Å². The highest BCUT2D eigenvalue weighted by atomic mass is 16.5. The van der Waals surface area contributed by atoms with Gasteiger partial charge >= 0.3 is 0 Å². The van der Waals surface area contributed by atoms with Crippen molar-refractivity contribution in [2.75, 3.05) is 18.5 Å². The number of anilines is 1. The third-order valence-electron chi connectivity index (χ3n) is 1.92. The van der Waals surface area contributed by atoms with Crippen LogP contribution in [0.4, 0.5) is 5.82 Å². The largest absolute Gasteiger partial charge is 0.377 e. The minimum Gasteiger partial charge on any atom is -0.377 e. The predicted molar refractivity (Wildman–Crippen MR) is 61.1 cm³/mol. The molecular weight excluding hydrogens is 190 g/mol. The predicted octanol–water partition coefficient (Wildman–Crippen LogP) is 1.93. The molecule has 4 heteroatoms. The van der Waals surface area contributed by atoms with Gasteiger partial charge in [-0.3, -0.25) is 4.98 Å². The van der Waals surface area contributed by atoms with Crippen LogP contribution in [0.15, 0.2) is 6.20 Å². The molecule has 0 amide bonds. The zero-order chi connectivity index (χ0) is 11.3. The van der Waals surface area contributed by atoms with E-state index in [2.05, 4.69) is 15.3 Å². The number of ether oxygens (including phenoxy) is 1. The molecule has 84 valence electrons. The Bertz CT molecular complexity index is 313. The van der Waals surface area contributed by atoms with Crippen LogP contribution < -0.4 is 5.32 Å². The normalized spacial score (nSPS) is 10.7. The van der Waals surface area contributed by atoms with Crippen LogP contribution in [0.1, 0.15) is 25.2 Å². The van der Waals surface area contributed by atoms with Crippen molar-refractivity contribution in [2.24, 2.45) is 0 Å². The summed E-state index contributed by atoms with van der Waals surface area (Å²) < 4.78 is 5.42. The third-order valence-corrected chi connectivity index (χ3v) is 1.92. The first-order chi connectivity index (χ1) is 7.09. The Balaban J connectivity index is 2.40. The lowest BCUT2D eigenvalue weighted by molar-refractivity contribution is 0.0870. The maximum Gasteiger partial charge on any atom is 0.147 e. The Labute approximate surface area is 91.1 Å². The summed E-state index contributed by atoms with van der Waals surface area (Å²) in [7, 11) is 0. The maximum absolute atomic E-state index is 5.42. The number of rotatable bonds is 5. The molecule has 1 aromatic rings. The van der Waals surface area contributed by atoms with Gasteiger partial charge in [-0.15, -0.1) is 0 Å². The molecule has 1 rings (SSSR count). The van der Waals surface area contributed by atoms with Gasteiger partial charge in [0, 0.05) is 12.7 Å². The molecule has 0 radical (unpaired) electrons. The number of aryl methyl sites for hydroxylation is 2. The van der Waals surface area contributed by atoms with Crippen molar-refractivity contribution in [1.82, 2.24) is 9.97 Å². The van der Waals surface area contributed by atoms with Gasteiger partial charge in [0.2, 0.25) is 0 Å². The molecule has 15 heavy (non-hydrogen) atoms. The van der Waals surface area contributed by atoms with Crippen LogP contribution in [0.3, 0.4) is 0 Å². The summed E-state index contributed by atoms with van der Waals surface area (Å²) >= 11 is 0. The van der Waals surface area contributed by atoms with Crippen LogP contribution in [-0.4, -0.2) is 29.2 Å². The molecule has 0 atom stereocenters. The molecule has 0 spiro atoms. The van der Waals surface area contributed by atoms with E-state index in [1.807, 2.05) is 27.7 Å². The van der Waals surface area contributed by atoms with Gasteiger partial charge in [0.15, 0.2) is 0 Å². The molecular formula is C11H19N3O. The number of nitrogens with one attached hydrogen (secondary N) is 1. The Morgan fingerprint density at radius 2 is 2.13 bits per heavy atom. The number of hydrogen-bond acceptors (Lipinski definition) is 4. The van der Waals surface area contributed by atoms with Crippen LogP contribution in [0.25, 0.3) is 0 Å². The van der Waals surface area contributed by atoms with Crippen molar-refractivity contribution in [2.45, 2.75) is 33.8 Å². The molecule has 4 nitrogen and oxygen atoms in total. The number of hydrogen-bond donors (Lipinski definition) is 1. The number of aromatic nitrogens is 2. The first-order valence-corrected chi connectivity index (χ1v) is 5.25. The van der Waals surface area contributed by atoms with Crippen LogP contribution in [0.5, 0.6) is 0 Å². The summed E-state index contributed by atoms with van der Waals surface area (Å²) in [5.74, 6) is 0.849. The second-order valence-electron chi connectivity index (χ2n) is 3.79. The molecule has 0 aliphatic heterocycles. The van der Waals surface area contributed by atoms with Crippen molar-refractivity contribution in [3.8, 4) is 0 Å². The van der Waals surface area contributed by atoms with E-state index in [4.69, 9.17) is 4.74 Å². The minimum absolute atomic E-state index is 0.275. The molecule has 0 saturated carbocycles. The van der Waals surface area contributed by atoms with Crippen molar-refractivity contribution >= 4 is 5.82 Å². The highest BCUT2D eigenvalue weighted by Crippen LogP contribution is 2.07. The summed E-state index contributed by atoms with van der Waals surface area (Å²) in [5.41, 5.74) is 1.85. The molecule has 0 aromatic carbocycles. The second kappa shape index (κ2) is 5.66. The Morgan fingerprint density at radius 1 is 1.40 bits per heavy atom. The standard InChI is InChI=1S/C11H19N3O/c1-8(2)15-6-5-12-11-10(4)13-7-9(3)14-11/h7-8H,5-6H2,1-4H3,(H,12,14). The van der Waals surface area contributed by atoms with Gasteiger partial charge in [-0.1, -0.05) is 0 Å². The Kier molecular flexibility index (Phi) is 4.49. The maximum atomic E-state index is 5.42. The molecule has 0 aliphatic carbocycles. The average molecular weight is 209 g/mol. The fraction of sp³-hybridized carbons (Fsp3) is 0.636. The van der Waals surface area contributed by atoms with Gasteiger partial charge in [-0.05, 0) is 27.7 Å². The van der Waals surface area contributed by atoms with E-state index in [0.29, 0.717) is 6.61 Å². The van der Waals surface area contributed by atoms with Crippen LogP contribution in [-0.2, 0) is 4.74 Å². The highest BCUT2D eigenvalue weighted by molar-refractivity contribution is 5.39. The van der Waals surface area contributed by atoms with Gasteiger partial charge in [-0.2, -0.15) is 0 Å². The van der Waals surface area contributed by atoms with Gasteiger partial charge in [0.25, 0.3) is 0 Å². The van der Waals surface area contributed by atoms with Crippen molar-refractivity contribution in [3.05, 3.63) is 17.6 Å². The van der Waals surface area contributed by atoms with E-state index >= 15 is 0 Å². The third kappa shape index (κ3) is 4.25. The van der Waals surface area contributed by atoms with Gasteiger partial charge in [0.05, 0.1) is 24.1 Å². The molecule has 0 fully saturated rings. The smallest absolute Gasteiger partial charge is 0.147 e. The molecule has 1 aromatic heterocycles. The van der Waals surface area contributed by atoms with Gasteiger partial charge in [-0.25, -0.2) is 4.98 Å². The summed E-state index contributed by atoms with van der Waals surface area (Å²) in [6, 6.07) is 0. The van der Waals surface area contributed by atoms with Gasteiger partial charge < -0.3 is 10.1 Å². The van der Waals surface area contributed by atoms with E-state index in [1.165, 1.54) is 0 Å². The molecule has 0 aliphatic rings. The van der Waals surface area contributed by atoms with Gasteiger partial charge in [0.1, 0.15) is 5.82 Å². The Morgan fingerprint density at radius 3 is 2.80 bits per heavy atom. The zero-order valence-electron chi connectivity index (χ0n) is 9.87. The zero-order valence-corrected chi connectivity index (χ0v) is 9.87. The van der Waals surface area contributed by atoms with Crippen LogP contribution in [0, 0.1) is 13.8 Å². The van der Waals surface area contributed by atoms with E-state index in [1.54, 1.807) is 6.20 Å². The minimum atomic E-state index is 0.275. The fourth-order valence-corrected chi connectivity index (χ4v) is 1.17.